The summed E-state index contributed by atoms with van der Waals surface area (Å²) in [4.78, 5) is 32.1. The third kappa shape index (κ3) is 6.64. The van der Waals surface area contributed by atoms with Crippen molar-refractivity contribution in [2.24, 2.45) is 0 Å². The maximum absolute atomic E-state index is 14.5. The van der Waals surface area contributed by atoms with Crippen LogP contribution >= 0.6 is 0 Å². The number of aryl methyl sites for hydroxylation is 3. The van der Waals surface area contributed by atoms with Gasteiger partial charge in [0.15, 0.2) is 5.69 Å². The van der Waals surface area contributed by atoms with Crippen LogP contribution in [0.5, 0.6) is 0 Å². The fourth-order valence-corrected chi connectivity index (χ4v) is 6.32. The highest BCUT2D eigenvalue weighted by Gasteiger charge is 2.30. The minimum atomic E-state index is -0.0465. The Balaban J connectivity index is 1.58. The maximum atomic E-state index is 14.5. The second kappa shape index (κ2) is 13.6. The van der Waals surface area contributed by atoms with E-state index in [1.165, 1.54) is 22.3 Å². The first kappa shape index (κ1) is 31.2. The summed E-state index contributed by atoms with van der Waals surface area (Å²) < 4.78 is 1.78. The van der Waals surface area contributed by atoms with Crippen LogP contribution in [0.4, 0.5) is 0 Å². The van der Waals surface area contributed by atoms with Gasteiger partial charge in [0.25, 0.3) is 11.8 Å². The largest absolute Gasteiger partial charge is 0.337 e. The standard InChI is InChI=1S/C38H46N4O2/c1-7-9-17-40(18-10-8-2)38(44)35-23-29(6)42(39-35)36-16-15-31(33-20-26(3)19-27(4)21-33)24-34(36)37(43)41-25-32-14-12-11-13-30(32)22-28(41)5/h11-16,19-21,23-24,28H,7-10,17-18,22,25H2,1-6H3/t28-/m1/s1. The number of aromatic nitrogens is 2. The SMILES string of the molecule is CCCCN(CCCC)C(=O)c1cc(C)n(-c2ccc(-c3cc(C)cc(C)c3)cc2C(=O)N2Cc3ccccc3C[C@H]2C)n1. The molecule has 44 heavy (non-hydrogen) atoms. The molecule has 0 saturated carbocycles. The lowest BCUT2D eigenvalue weighted by Gasteiger charge is -2.35. The number of amides is 2. The predicted octanol–water partition coefficient (Wildman–Crippen LogP) is 8.09. The lowest BCUT2D eigenvalue weighted by Crippen LogP contribution is -2.43. The van der Waals surface area contributed by atoms with Crippen molar-refractivity contribution in [2.75, 3.05) is 13.1 Å². The summed E-state index contributed by atoms with van der Waals surface area (Å²) in [7, 11) is 0. The Hall–Kier alpha value is -4.19. The Morgan fingerprint density at radius 2 is 1.50 bits per heavy atom. The van der Waals surface area contributed by atoms with Gasteiger partial charge >= 0.3 is 0 Å². The maximum Gasteiger partial charge on any atom is 0.274 e. The van der Waals surface area contributed by atoms with Crippen molar-refractivity contribution in [2.45, 2.75) is 86.2 Å². The van der Waals surface area contributed by atoms with Gasteiger partial charge in [-0.1, -0.05) is 86.3 Å². The summed E-state index contributed by atoms with van der Waals surface area (Å²) in [5.74, 6) is -0.0711. The topological polar surface area (TPSA) is 58.4 Å². The zero-order valence-electron chi connectivity index (χ0n) is 27.2. The van der Waals surface area contributed by atoms with Gasteiger partial charge in [-0.25, -0.2) is 4.68 Å². The third-order valence-corrected chi connectivity index (χ3v) is 8.73. The van der Waals surface area contributed by atoms with E-state index < -0.39 is 0 Å². The lowest BCUT2D eigenvalue weighted by atomic mass is 9.93. The van der Waals surface area contributed by atoms with Gasteiger partial charge in [-0.3, -0.25) is 9.59 Å². The number of fused-ring (bicyclic) bond motifs is 1. The number of hydrogen-bond acceptors (Lipinski definition) is 3. The summed E-state index contributed by atoms with van der Waals surface area (Å²) in [6, 6.07) is 22.8. The van der Waals surface area contributed by atoms with E-state index in [2.05, 4.69) is 77.1 Å². The third-order valence-electron chi connectivity index (χ3n) is 8.73. The van der Waals surface area contributed by atoms with Crippen LogP contribution in [0.2, 0.25) is 0 Å². The van der Waals surface area contributed by atoms with E-state index in [1.54, 1.807) is 4.68 Å². The smallest absolute Gasteiger partial charge is 0.274 e. The van der Waals surface area contributed by atoms with E-state index in [9.17, 15) is 9.59 Å². The van der Waals surface area contributed by atoms with Crippen LogP contribution in [0, 0.1) is 20.8 Å². The van der Waals surface area contributed by atoms with Crippen molar-refractivity contribution in [3.05, 3.63) is 106 Å². The molecule has 4 aromatic rings. The second-order valence-electron chi connectivity index (χ2n) is 12.4. The van der Waals surface area contributed by atoms with Crippen LogP contribution in [0.25, 0.3) is 16.8 Å². The van der Waals surface area contributed by atoms with E-state index in [0.29, 0.717) is 23.5 Å². The fourth-order valence-electron chi connectivity index (χ4n) is 6.32. The first-order valence-corrected chi connectivity index (χ1v) is 16.2. The number of nitrogens with zero attached hydrogens (tertiary/aromatic N) is 4. The molecule has 0 aliphatic carbocycles. The molecule has 0 unspecified atom stereocenters. The fraction of sp³-hybridized carbons (Fsp3) is 0.395. The van der Waals surface area contributed by atoms with Crippen LogP contribution in [0.1, 0.15) is 95.2 Å². The number of hydrogen-bond donors (Lipinski definition) is 0. The molecule has 6 nitrogen and oxygen atoms in total. The molecule has 0 bridgehead atoms. The van der Waals surface area contributed by atoms with Crippen LogP contribution in [-0.4, -0.2) is 50.5 Å². The zero-order valence-corrected chi connectivity index (χ0v) is 27.2. The van der Waals surface area contributed by atoms with Crippen molar-refractivity contribution in [3.8, 4) is 16.8 Å². The Bertz CT molecular complexity index is 1620. The summed E-state index contributed by atoms with van der Waals surface area (Å²) >= 11 is 0. The number of carbonyl (C=O) groups is 2. The summed E-state index contributed by atoms with van der Waals surface area (Å²) in [6.45, 7) is 14.6. The highest BCUT2D eigenvalue weighted by Crippen LogP contribution is 2.31. The first-order chi connectivity index (χ1) is 21.2. The molecule has 0 fully saturated rings. The molecule has 3 aromatic carbocycles. The molecule has 2 amide bonds. The molecule has 5 rings (SSSR count). The molecule has 6 heteroatoms. The van der Waals surface area contributed by atoms with E-state index in [0.717, 1.165) is 62.0 Å². The summed E-state index contributed by atoms with van der Waals surface area (Å²) in [6.07, 6.45) is 4.80. The van der Waals surface area contributed by atoms with Crippen molar-refractivity contribution in [3.63, 3.8) is 0 Å². The average Bonchev–Trinajstić information content (AvgIpc) is 3.40. The molecular weight excluding hydrogens is 544 g/mol. The normalized spacial score (nSPS) is 14.4. The van der Waals surface area contributed by atoms with E-state index in [4.69, 9.17) is 5.10 Å². The first-order valence-electron chi connectivity index (χ1n) is 16.2. The van der Waals surface area contributed by atoms with Crippen LogP contribution in [-0.2, 0) is 13.0 Å². The van der Waals surface area contributed by atoms with Gasteiger partial charge in [0, 0.05) is 31.4 Å². The van der Waals surface area contributed by atoms with Crippen molar-refractivity contribution in [1.82, 2.24) is 19.6 Å². The van der Waals surface area contributed by atoms with Crippen molar-refractivity contribution < 1.29 is 9.59 Å². The van der Waals surface area contributed by atoms with Gasteiger partial charge < -0.3 is 9.80 Å². The molecular formula is C38H46N4O2. The zero-order chi connectivity index (χ0) is 31.4. The molecule has 0 radical (unpaired) electrons. The lowest BCUT2D eigenvalue weighted by molar-refractivity contribution is 0.0658. The van der Waals surface area contributed by atoms with Crippen molar-refractivity contribution in [1.29, 1.82) is 0 Å². The van der Waals surface area contributed by atoms with Gasteiger partial charge in [0.1, 0.15) is 0 Å². The van der Waals surface area contributed by atoms with Crippen molar-refractivity contribution >= 4 is 11.8 Å². The van der Waals surface area contributed by atoms with Crippen LogP contribution in [0.3, 0.4) is 0 Å². The molecule has 0 saturated heterocycles. The van der Waals surface area contributed by atoms with E-state index in [1.807, 2.05) is 41.0 Å². The van der Waals surface area contributed by atoms with Gasteiger partial charge in [-0.2, -0.15) is 5.10 Å². The molecule has 230 valence electrons. The van der Waals surface area contributed by atoms with Gasteiger partial charge in [0.2, 0.25) is 0 Å². The molecule has 1 aliphatic rings. The quantitative estimate of drug-likeness (QED) is 0.188. The van der Waals surface area contributed by atoms with E-state index in [-0.39, 0.29) is 17.9 Å². The molecule has 0 N–H and O–H groups in total. The number of carbonyl (C=O) groups excluding carboxylic acids is 2. The van der Waals surface area contributed by atoms with Crippen LogP contribution in [0.15, 0.2) is 66.7 Å². The summed E-state index contributed by atoms with van der Waals surface area (Å²) in [5.41, 5.74) is 9.45. The monoisotopic (exact) mass is 590 g/mol. The highest BCUT2D eigenvalue weighted by atomic mass is 16.2. The Morgan fingerprint density at radius 3 is 2.16 bits per heavy atom. The van der Waals surface area contributed by atoms with E-state index >= 15 is 0 Å². The predicted molar refractivity (Wildman–Crippen MR) is 178 cm³/mol. The Kier molecular flexibility index (Phi) is 9.68. The molecule has 1 aliphatic heterocycles. The number of rotatable bonds is 10. The minimum absolute atomic E-state index is 0.0245. The van der Waals surface area contributed by atoms with Gasteiger partial charge in [-0.05, 0) is 87.4 Å². The van der Waals surface area contributed by atoms with Gasteiger partial charge in [0.05, 0.1) is 11.3 Å². The molecule has 0 spiro atoms. The summed E-state index contributed by atoms with van der Waals surface area (Å²) in [5, 5.41) is 4.85. The van der Waals surface area contributed by atoms with Crippen LogP contribution < -0.4 is 0 Å². The molecule has 2 heterocycles. The molecule has 1 aromatic heterocycles. The minimum Gasteiger partial charge on any atom is -0.337 e. The number of unbranched alkanes of at least 4 members (excludes halogenated alkanes) is 2. The Morgan fingerprint density at radius 1 is 0.841 bits per heavy atom. The highest BCUT2D eigenvalue weighted by molar-refractivity contribution is 6.00. The number of benzene rings is 3. The average molecular weight is 591 g/mol. The van der Waals surface area contributed by atoms with Gasteiger partial charge in [-0.15, -0.1) is 0 Å². The second-order valence-corrected chi connectivity index (χ2v) is 12.4. The Labute approximate surface area is 262 Å². The molecule has 1 atom stereocenters.